The SMILES string of the molecule is CCN(C(=O)CSc1nnc(COc2ccc(C(C)C)cc2)n1N)C1CCCCC1. The van der Waals surface area contributed by atoms with Crippen molar-refractivity contribution in [3.8, 4) is 5.75 Å². The van der Waals surface area contributed by atoms with Gasteiger partial charge in [-0.15, -0.1) is 10.2 Å². The Hall–Kier alpha value is -2.22. The first-order chi connectivity index (χ1) is 14.5. The summed E-state index contributed by atoms with van der Waals surface area (Å²) in [6.07, 6.45) is 5.92. The van der Waals surface area contributed by atoms with Gasteiger partial charge in [-0.1, -0.05) is 57.0 Å². The molecule has 3 rings (SSSR count). The Morgan fingerprint density at radius 2 is 1.93 bits per heavy atom. The fourth-order valence-electron chi connectivity index (χ4n) is 3.84. The minimum absolute atomic E-state index is 0.139. The monoisotopic (exact) mass is 431 g/mol. The number of benzene rings is 1. The number of ether oxygens (including phenoxy) is 1. The Bertz CT molecular complexity index is 815. The third-order valence-corrected chi connectivity index (χ3v) is 6.58. The Balaban J connectivity index is 1.52. The van der Waals surface area contributed by atoms with E-state index in [1.165, 1.54) is 41.3 Å². The largest absolute Gasteiger partial charge is 0.486 e. The van der Waals surface area contributed by atoms with Crippen molar-refractivity contribution in [2.24, 2.45) is 0 Å². The van der Waals surface area contributed by atoms with Crippen LogP contribution in [-0.4, -0.2) is 44.0 Å². The zero-order chi connectivity index (χ0) is 21.5. The minimum Gasteiger partial charge on any atom is -0.486 e. The maximum Gasteiger partial charge on any atom is 0.233 e. The van der Waals surface area contributed by atoms with Crippen molar-refractivity contribution in [1.82, 2.24) is 19.8 Å². The minimum atomic E-state index is 0.139. The number of nitrogens with zero attached hydrogens (tertiary/aromatic N) is 4. The summed E-state index contributed by atoms with van der Waals surface area (Å²) in [5, 5.41) is 8.79. The van der Waals surface area contributed by atoms with Gasteiger partial charge in [0.15, 0.2) is 5.82 Å². The number of thioether (sulfide) groups is 1. The van der Waals surface area contributed by atoms with Gasteiger partial charge >= 0.3 is 0 Å². The molecule has 0 spiro atoms. The van der Waals surface area contributed by atoms with Gasteiger partial charge < -0.3 is 15.5 Å². The summed E-state index contributed by atoms with van der Waals surface area (Å²) in [4.78, 5) is 14.7. The van der Waals surface area contributed by atoms with E-state index in [0.29, 0.717) is 28.7 Å². The van der Waals surface area contributed by atoms with E-state index in [4.69, 9.17) is 10.6 Å². The van der Waals surface area contributed by atoms with Crippen molar-refractivity contribution < 1.29 is 9.53 Å². The van der Waals surface area contributed by atoms with E-state index in [9.17, 15) is 4.79 Å². The molecule has 1 heterocycles. The second-order valence-electron chi connectivity index (χ2n) is 8.04. The van der Waals surface area contributed by atoms with Crippen molar-refractivity contribution in [2.75, 3.05) is 18.1 Å². The lowest BCUT2D eigenvalue weighted by molar-refractivity contribution is -0.131. The van der Waals surface area contributed by atoms with Crippen molar-refractivity contribution >= 4 is 17.7 Å². The molecule has 2 aromatic rings. The first-order valence-corrected chi connectivity index (χ1v) is 11.8. The highest BCUT2D eigenvalue weighted by Gasteiger charge is 2.24. The van der Waals surface area contributed by atoms with Crippen molar-refractivity contribution in [3.63, 3.8) is 0 Å². The van der Waals surface area contributed by atoms with Crippen LogP contribution in [-0.2, 0) is 11.4 Å². The number of rotatable bonds is 9. The van der Waals surface area contributed by atoms with Gasteiger partial charge in [0.25, 0.3) is 0 Å². The topological polar surface area (TPSA) is 86.3 Å². The molecule has 30 heavy (non-hydrogen) atoms. The molecule has 1 aliphatic carbocycles. The summed E-state index contributed by atoms with van der Waals surface area (Å²) < 4.78 is 7.21. The molecule has 0 atom stereocenters. The van der Waals surface area contributed by atoms with E-state index in [2.05, 4.69) is 36.2 Å². The summed E-state index contributed by atoms with van der Waals surface area (Å²) in [6.45, 7) is 7.33. The standard InChI is InChI=1S/C22H33N5O2S/c1-4-26(18-8-6-5-7-9-18)21(28)15-30-22-25-24-20(27(22)23)14-29-19-12-10-17(11-13-19)16(2)3/h10-13,16,18H,4-9,14-15,23H2,1-3H3. The Morgan fingerprint density at radius 1 is 1.23 bits per heavy atom. The predicted octanol–water partition coefficient (Wildman–Crippen LogP) is 3.97. The molecule has 0 aliphatic heterocycles. The molecule has 1 saturated carbocycles. The quantitative estimate of drug-likeness (QED) is 0.478. The molecule has 2 N–H and O–H groups in total. The molecule has 1 aromatic carbocycles. The fourth-order valence-corrected chi connectivity index (χ4v) is 4.60. The van der Waals surface area contributed by atoms with Crippen LogP contribution in [0.25, 0.3) is 0 Å². The summed E-state index contributed by atoms with van der Waals surface area (Å²) in [6, 6.07) is 8.40. The average Bonchev–Trinajstić information content (AvgIpc) is 3.11. The van der Waals surface area contributed by atoms with Crippen LogP contribution in [0, 0.1) is 0 Å². The lowest BCUT2D eigenvalue weighted by atomic mass is 9.94. The summed E-state index contributed by atoms with van der Waals surface area (Å²) >= 11 is 1.33. The molecule has 0 unspecified atom stereocenters. The lowest BCUT2D eigenvalue weighted by Crippen LogP contribution is -2.42. The van der Waals surface area contributed by atoms with Crippen LogP contribution in [0.2, 0.25) is 0 Å². The van der Waals surface area contributed by atoms with Crippen molar-refractivity contribution in [3.05, 3.63) is 35.7 Å². The zero-order valence-electron chi connectivity index (χ0n) is 18.2. The number of nitrogens with two attached hydrogens (primary N) is 1. The van der Waals surface area contributed by atoms with E-state index in [1.807, 2.05) is 24.0 Å². The average molecular weight is 432 g/mol. The van der Waals surface area contributed by atoms with Crippen LogP contribution < -0.4 is 10.6 Å². The molecule has 1 aromatic heterocycles. The third-order valence-electron chi connectivity index (χ3n) is 5.65. The molecule has 8 heteroatoms. The third kappa shape index (κ3) is 5.68. The molecule has 1 fully saturated rings. The van der Waals surface area contributed by atoms with E-state index >= 15 is 0 Å². The maximum absolute atomic E-state index is 12.7. The van der Waals surface area contributed by atoms with Gasteiger partial charge in [0.2, 0.25) is 11.1 Å². The number of hydrogen-bond acceptors (Lipinski definition) is 6. The first kappa shape index (κ1) is 22.5. The van der Waals surface area contributed by atoms with Gasteiger partial charge in [0.05, 0.1) is 5.75 Å². The lowest BCUT2D eigenvalue weighted by Gasteiger charge is -2.33. The van der Waals surface area contributed by atoms with Crippen molar-refractivity contribution in [1.29, 1.82) is 0 Å². The first-order valence-electron chi connectivity index (χ1n) is 10.8. The molecule has 164 valence electrons. The molecule has 1 aliphatic rings. The zero-order valence-corrected chi connectivity index (χ0v) is 19.0. The van der Waals surface area contributed by atoms with Gasteiger partial charge in [0, 0.05) is 12.6 Å². The van der Waals surface area contributed by atoms with Gasteiger partial charge in [-0.25, -0.2) is 4.68 Å². The van der Waals surface area contributed by atoms with E-state index in [0.717, 1.165) is 25.1 Å². The van der Waals surface area contributed by atoms with E-state index < -0.39 is 0 Å². The second-order valence-corrected chi connectivity index (χ2v) is 8.98. The highest BCUT2D eigenvalue weighted by molar-refractivity contribution is 7.99. The number of carbonyl (C=O) groups is 1. The molecule has 0 saturated heterocycles. The summed E-state index contributed by atoms with van der Waals surface area (Å²) in [5.74, 6) is 8.36. The molecular weight excluding hydrogens is 398 g/mol. The van der Waals surface area contributed by atoms with Gasteiger partial charge in [0.1, 0.15) is 12.4 Å². The van der Waals surface area contributed by atoms with Gasteiger partial charge in [-0.2, -0.15) is 0 Å². The highest BCUT2D eigenvalue weighted by Crippen LogP contribution is 2.24. The van der Waals surface area contributed by atoms with Gasteiger partial charge in [-0.05, 0) is 43.4 Å². The van der Waals surface area contributed by atoms with Crippen LogP contribution >= 0.6 is 11.8 Å². The van der Waals surface area contributed by atoms with Crippen molar-refractivity contribution in [2.45, 2.75) is 76.6 Å². The van der Waals surface area contributed by atoms with Crippen LogP contribution in [0.1, 0.15) is 70.2 Å². The number of amides is 1. The number of hydrogen-bond donors (Lipinski definition) is 1. The number of carbonyl (C=O) groups excluding carboxylic acids is 1. The van der Waals surface area contributed by atoms with E-state index in [-0.39, 0.29) is 12.5 Å². The number of nitrogen functional groups attached to an aromatic ring is 1. The molecule has 1 amide bonds. The van der Waals surface area contributed by atoms with Crippen LogP contribution in [0.5, 0.6) is 5.75 Å². The second kappa shape index (κ2) is 10.7. The van der Waals surface area contributed by atoms with Gasteiger partial charge in [-0.3, -0.25) is 4.79 Å². The smallest absolute Gasteiger partial charge is 0.233 e. The molecule has 0 radical (unpaired) electrons. The summed E-state index contributed by atoms with van der Waals surface area (Å²) in [7, 11) is 0. The Morgan fingerprint density at radius 3 is 2.57 bits per heavy atom. The fraction of sp³-hybridized carbons (Fsp3) is 0.591. The summed E-state index contributed by atoms with van der Waals surface area (Å²) in [5.41, 5.74) is 1.27. The van der Waals surface area contributed by atoms with Crippen LogP contribution in [0.15, 0.2) is 29.4 Å². The number of aromatic nitrogens is 3. The normalized spacial score (nSPS) is 14.8. The maximum atomic E-state index is 12.7. The molecule has 7 nitrogen and oxygen atoms in total. The van der Waals surface area contributed by atoms with Crippen LogP contribution in [0.4, 0.5) is 0 Å². The Kier molecular flexibility index (Phi) is 8.01. The van der Waals surface area contributed by atoms with E-state index in [1.54, 1.807) is 0 Å². The predicted molar refractivity (Wildman–Crippen MR) is 120 cm³/mol. The van der Waals surface area contributed by atoms with Crippen LogP contribution in [0.3, 0.4) is 0 Å². The molecule has 0 bridgehead atoms. The highest BCUT2D eigenvalue weighted by atomic mass is 32.2. The molecular formula is C22H33N5O2S. The Labute approximate surface area is 183 Å².